The number of nitrogens with zero attached hydrogens (tertiary/aromatic N) is 1. The lowest BCUT2D eigenvalue weighted by molar-refractivity contribution is 0.174. The van der Waals surface area contributed by atoms with Crippen molar-refractivity contribution in [3.05, 3.63) is 23.8 Å². The summed E-state index contributed by atoms with van der Waals surface area (Å²) in [4.78, 5) is 2.37. The van der Waals surface area contributed by atoms with Gasteiger partial charge in [-0.15, -0.1) is 0 Å². The van der Waals surface area contributed by atoms with Crippen LogP contribution in [0.3, 0.4) is 0 Å². The minimum atomic E-state index is 0.334. The van der Waals surface area contributed by atoms with Crippen LogP contribution in [-0.2, 0) is 0 Å². The maximum absolute atomic E-state index is 5.48. The summed E-state index contributed by atoms with van der Waals surface area (Å²) < 4.78 is 10.9. The quantitative estimate of drug-likeness (QED) is 0.793. The fourth-order valence-electron chi connectivity index (χ4n) is 2.52. The van der Waals surface area contributed by atoms with Gasteiger partial charge in [-0.3, -0.25) is 0 Å². The Kier molecular flexibility index (Phi) is 5.68. The number of benzene rings is 1. The average molecular weight is 278 g/mol. The zero-order valence-electron chi connectivity index (χ0n) is 12.8. The molecule has 112 valence electrons. The van der Waals surface area contributed by atoms with Gasteiger partial charge in [-0.05, 0) is 50.7 Å². The molecule has 0 saturated heterocycles. The second-order valence-electron chi connectivity index (χ2n) is 5.38. The predicted octanol–water partition coefficient (Wildman–Crippen LogP) is 2.80. The van der Waals surface area contributed by atoms with Crippen molar-refractivity contribution in [1.29, 1.82) is 0 Å². The largest absolute Gasteiger partial charge is 0.454 e. The fraction of sp³-hybridized carbons (Fsp3) is 0.625. The summed E-state index contributed by atoms with van der Waals surface area (Å²) in [5.41, 5.74) is 1.27. The predicted molar refractivity (Wildman–Crippen MR) is 81.4 cm³/mol. The van der Waals surface area contributed by atoms with E-state index in [2.05, 4.69) is 43.2 Å². The molecule has 2 rings (SSSR count). The van der Waals surface area contributed by atoms with Crippen molar-refractivity contribution in [2.75, 3.05) is 33.5 Å². The van der Waals surface area contributed by atoms with Crippen LogP contribution in [0.5, 0.6) is 11.5 Å². The van der Waals surface area contributed by atoms with E-state index in [0.717, 1.165) is 37.6 Å². The van der Waals surface area contributed by atoms with Gasteiger partial charge in [0.15, 0.2) is 11.5 Å². The van der Waals surface area contributed by atoms with Gasteiger partial charge in [0.25, 0.3) is 0 Å². The molecule has 1 unspecified atom stereocenters. The molecule has 0 amide bonds. The van der Waals surface area contributed by atoms with Crippen molar-refractivity contribution in [2.45, 2.75) is 32.7 Å². The van der Waals surface area contributed by atoms with Gasteiger partial charge in [-0.25, -0.2) is 0 Å². The fourth-order valence-corrected chi connectivity index (χ4v) is 2.52. The zero-order valence-corrected chi connectivity index (χ0v) is 12.8. The molecule has 1 heterocycles. The molecule has 1 aromatic carbocycles. The molecule has 0 radical (unpaired) electrons. The maximum Gasteiger partial charge on any atom is 0.231 e. The molecule has 1 N–H and O–H groups in total. The van der Waals surface area contributed by atoms with Crippen LogP contribution in [0, 0.1) is 0 Å². The van der Waals surface area contributed by atoms with Gasteiger partial charge in [0.2, 0.25) is 6.79 Å². The summed E-state index contributed by atoms with van der Waals surface area (Å²) in [5, 5.41) is 3.63. The summed E-state index contributed by atoms with van der Waals surface area (Å²) in [6.07, 6.45) is 2.32. The second-order valence-corrected chi connectivity index (χ2v) is 5.38. The molecule has 0 saturated carbocycles. The van der Waals surface area contributed by atoms with Crippen molar-refractivity contribution in [2.24, 2.45) is 0 Å². The van der Waals surface area contributed by atoms with E-state index in [0.29, 0.717) is 12.8 Å². The lowest BCUT2D eigenvalue weighted by Gasteiger charge is -2.25. The van der Waals surface area contributed by atoms with Crippen LogP contribution in [0.25, 0.3) is 0 Å². The highest BCUT2D eigenvalue weighted by atomic mass is 16.7. The van der Waals surface area contributed by atoms with Crippen molar-refractivity contribution in [1.82, 2.24) is 10.2 Å². The Bertz CT molecular complexity index is 423. The minimum absolute atomic E-state index is 0.334. The number of nitrogens with one attached hydrogen (secondary N) is 1. The smallest absolute Gasteiger partial charge is 0.231 e. The van der Waals surface area contributed by atoms with Crippen LogP contribution in [0.2, 0.25) is 0 Å². The lowest BCUT2D eigenvalue weighted by Crippen LogP contribution is -2.33. The average Bonchev–Trinajstić information content (AvgIpc) is 2.91. The Morgan fingerprint density at radius 2 is 2.00 bits per heavy atom. The van der Waals surface area contributed by atoms with Crippen molar-refractivity contribution >= 4 is 0 Å². The zero-order chi connectivity index (χ0) is 14.4. The van der Waals surface area contributed by atoms with E-state index in [1.54, 1.807) is 0 Å². The highest BCUT2D eigenvalue weighted by molar-refractivity contribution is 5.45. The van der Waals surface area contributed by atoms with Crippen molar-refractivity contribution < 1.29 is 9.47 Å². The summed E-state index contributed by atoms with van der Waals surface area (Å²) in [6, 6.07) is 6.59. The van der Waals surface area contributed by atoms with Crippen molar-refractivity contribution in [3.63, 3.8) is 0 Å². The summed E-state index contributed by atoms with van der Waals surface area (Å²) >= 11 is 0. The Morgan fingerprint density at radius 1 is 1.20 bits per heavy atom. The third kappa shape index (κ3) is 3.87. The minimum Gasteiger partial charge on any atom is -0.454 e. The lowest BCUT2D eigenvalue weighted by atomic mass is 10.1. The molecule has 1 aliphatic rings. The maximum atomic E-state index is 5.48. The number of likely N-dealkylation sites (N-methyl/N-ethyl adjacent to an activating group) is 1. The molecule has 4 heteroatoms. The Hall–Kier alpha value is -1.26. The molecular formula is C16H26N2O2. The first-order valence-corrected chi connectivity index (χ1v) is 7.56. The molecule has 1 aromatic rings. The Labute approximate surface area is 122 Å². The molecule has 0 spiro atoms. The third-order valence-corrected chi connectivity index (χ3v) is 3.54. The molecule has 20 heavy (non-hydrogen) atoms. The van der Waals surface area contributed by atoms with E-state index in [4.69, 9.17) is 9.47 Å². The van der Waals surface area contributed by atoms with Crippen molar-refractivity contribution in [3.8, 4) is 11.5 Å². The number of ether oxygens (including phenoxy) is 2. The van der Waals surface area contributed by atoms with Gasteiger partial charge in [0.05, 0.1) is 0 Å². The highest BCUT2D eigenvalue weighted by Gasteiger charge is 2.18. The topological polar surface area (TPSA) is 33.7 Å². The number of rotatable bonds is 8. The van der Waals surface area contributed by atoms with Crippen LogP contribution in [0.1, 0.15) is 38.3 Å². The van der Waals surface area contributed by atoms with Gasteiger partial charge < -0.3 is 19.7 Å². The number of hydrogen-bond acceptors (Lipinski definition) is 4. The summed E-state index contributed by atoms with van der Waals surface area (Å²) in [5.74, 6) is 1.72. The molecular weight excluding hydrogens is 252 g/mol. The van der Waals surface area contributed by atoms with Crippen LogP contribution < -0.4 is 14.8 Å². The van der Waals surface area contributed by atoms with Gasteiger partial charge >= 0.3 is 0 Å². The first-order chi connectivity index (χ1) is 9.74. The van der Waals surface area contributed by atoms with E-state index >= 15 is 0 Å². The summed E-state index contributed by atoms with van der Waals surface area (Å²) in [6.45, 7) is 7.90. The molecule has 1 aliphatic heterocycles. The van der Waals surface area contributed by atoms with E-state index in [1.165, 1.54) is 12.0 Å². The van der Waals surface area contributed by atoms with Crippen LogP contribution in [-0.4, -0.2) is 38.4 Å². The van der Waals surface area contributed by atoms with Crippen LogP contribution in [0.4, 0.5) is 0 Å². The SMILES string of the molecule is CCCNC(CN(C)CCC)c1ccc2c(c1)OCO2. The molecule has 0 bridgehead atoms. The van der Waals surface area contributed by atoms with Gasteiger partial charge in [0.1, 0.15) is 0 Å². The monoisotopic (exact) mass is 278 g/mol. The molecule has 0 aliphatic carbocycles. The van der Waals surface area contributed by atoms with E-state index < -0.39 is 0 Å². The Morgan fingerprint density at radius 3 is 2.75 bits per heavy atom. The molecule has 4 nitrogen and oxygen atoms in total. The number of hydrogen-bond donors (Lipinski definition) is 1. The van der Waals surface area contributed by atoms with Gasteiger partial charge in [0, 0.05) is 12.6 Å². The molecule has 0 aromatic heterocycles. The van der Waals surface area contributed by atoms with E-state index in [9.17, 15) is 0 Å². The summed E-state index contributed by atoms with van der Waals surface area (Å²) in [7, 11) is 2.18. The Balaban J connectivity index is 2.08. The van der Waals surface area contributed by atoms with Crippen LogP contribution in [0.15, 0.2) is 18.2 Å². The van der Waals surface area contributed by atoms with E-state index in [-0.39, 0.29) is 0 Å². The number of fused-ring (bicyclic) bond motifs is 1. The van der Waals surface area contributed by atoms with Gasteiger partial charge in [-0.1, -0.05) is 19.9 Å². The molecule has 0 fully saturated rings. The first kappa shape index (κ1) is 15.1. The normalized spacial score (nSPS) is 14.8. The first-order valence-electron chi connectivity index (χ1n) is 7.56. The van der Waals surface area contributed by atoms with E-state index in [1.807, 2.05) is 6.07 Å². The standard InChI is InChI=1S/C16H26N2O2/c1-4-8-17-14(11-18(3)9-5-2)13-6-7-15-16(10-13)20-12-19-15/h6-7,10,14,17H,4-5,8-9,11-12H2,1-3H3. The third-order valence-electron chi connectivity index (χ3n) is 3.54. The highest BCUT2D eigenvalue weighted by Crippen LogP contribution is 2.34. The second kappa shape index (κ2) is 7.50. The van der Waals surface area contributed by atoms with Gasteiger partial charge in [-0.2, -0.15) is 0 Å². The van der Waals surface area contributed by atoms with Crippen LogP contribution >= 0.6 is 0 Å². The molecule has 1 atom stereocenters.